The molecule has 3 aromatic carbocycles. The van der Waals surface area contributed by atoms with Crippen LogP contribution in [-0.4, -0.2) is 31.1 Å². The van der Waals surface area contributed by atoms with Crippen LogP contribution in [0.1, 0.15) is 16.7 Å². The van der Waals surface area contributed by atoms with Crippen molar-refractivity contribution in [3.8, 4) is 11.5 Å². The van der Waals surface area contributed by atoms with Crippen molar-refractivity contribution >= 4 is 11.9 Å². The molecule has 1 aliphatic heterocycles. The van der Waals surface area contributed by atoms with Gasteiger partial charge < -0.3 is 14.8 Å². The molecule has 31 heavy (non-hydrogen) atoms. The number of hydrogen-bond acceptors (Lipinski definition) is 4. The fourth-order valence-corrected chi connectivity index (χ4v) is 3.99. The maximum Gasteiger partial charge on any atom is 0.325 e. The number of benzene rings is 3. The fourth-order valence-electron chi connectivity index (χ4n) is 3.99. The monoisotopic (exact) mass is 416 g/mol. The third kappa shape index (κ3) is 3.84. The zero-order chi connectivity index (χ0) is 21.8. The Balaban J connectivity index is 1.73. The first kappa shape index (κ1) is 20.5. The summed E-state index contributed by atoms with van der Waals surface area (Å²) >= 11 is 0. The van der Waals surface area contributed by atoms with Crippen molar-refractivity contribution < 1.29 is 19.1 Å². The molecule has 0 unspecified atom stereocenters. The summed E-state index contributed by atoms with van der Waals surface area (Å²) in [5.74, 6) is 0.917. The molecule has 1 atom stereocenters. The molecule has 1 saturated heterocycles. The number of nitrogens with zero attached hydrogens (tertiary/aromatic N) is 1. The Hall–Kier alpha value is -3.80. The van der Waals surface area contributed by atoms with Crippen molar-refractivity contribution in [2.45, 2.75) is 18.5 Å². The van der Waals surface area contributed by atoms with E-state index in [1.807, 2.05) is 60.7 Å². The van der Waals surface area contributed by atoms with Gasteiger partial charge in [0, 0.05) is 12.0 Å². The Morgan fingerprint density at radius 3 is 2.19 bits per heavy atom. The van der Waals surface area contributed by atoms with E-state index < -0.39 is 11.6 Å². The molecule has 0 saturated carbocycles. The number of urea groups is 1. The highest BCUT2D eigenvalue weighted by molar-refractivity contribution is 6.07. The Labute approximate surface area is 181 Å². The van der Waals surface area contributed by atoms with Gasteiger partial charge in [-0.15, -0.1) is 0 Å². The van der Waals surface area contributed by atoms with Gasteiger partial charge in [0.05, 0.1) is 20.8 Å². The topological polar surface area (TPSA) is 67.9 Å². The maximum absolute atomic E-state index is 13.8. The molecule has 0 aliphatic carbocycles. The number of amides is 3. The normalized spacial score (nSPS) is 18.1. The zero-order valence-corrected chi connectivity index (χ0v) is 17.5. The Kier molecular flexibility index (Phi) is 5.62. The molecule has 3 aromatic rings. The van der Waals surface area contributed by atoms with Crippen molar-refractivity contribution in [2.75, 3.05) is 14.2 Å². The van der Waals surface area contributed by atoms with Crippen LogP contribution in [0, 0.1) is 0 Å². The minimum atomic E-state index is -1.17. The van der Waals surface area contributed by atoms with Crippen LogP contribution in [-0.2, 0) is 23.3 Å². The molecule has 0 radical (unpaired) electrons. The number of methoxy groups -OCH3 is 2. The summed E-state index contributed by atoms with van der Waals surface area (Å²) in [6.45, 7) is 0.0778. The summed E-state index contributed by atoms with van der Waals surface area (Å²) in [6, 6.07) is 23.9. The predicted octanol–water partition coefficient (Wildman–Crippen LogP) is 3.89. The summed E-state index contributed by atoms with van der Waals surface area (Å²) in [6.07, 6.45) is 0.355. The standard InChI is InChI=1S/C25H24N2O4/c1-30-21-13-14-22(31-2)19(15-21)17-27-23(28)25(26-24(27)29,20-11-7-4-8-12-20)16-18-9-5-3-6-10-18/h3-15H,16-17H2,1-2H3,(H,26,29)/t25-/m1/s1. The third-order valence-corrected chi connectivity index (χ3v) is 5.57. The van der Waals surface area contributed by atoms with Crippen LogP contribution in [0.4, 0.5) is 4.79 Å². The first-order valence-corrected chi connectivity index (χ1v) is 10.0. The van der Waals surface area contributed by atoms with Gasteiger partial charge in [-0.25, -0.2) is 4.79 Å². The van der Waals surface area contributed by atoms with Gasteiger partial charge in [-0.2, -0.15) is 0 Å². The molecule has 6 nitrogen and oxygen atoms in total. The number of carbonyl (C=O) groups is 2. The molecule has 1 fully saturated rings. The van der Waals surface area contributed by atoms with Gasteiger partial charge in [0.25, 0.3) is 5.91 Å². The highest BCUT2D eigenvalue weighted by atomic mass is 16.5. The third-order valence-electron chi connectivity index (χ3n) is 5.57. The number of nitrogens with one attached hydrogen (secondary N) is 1. The summed E-state index contributed by atoms with van der Waals surface area (Å²) in [5, 5.41) is 2.98. The van der Waals surface area contributed by atoms with Crippen molar-refractivity contribution in [1.82, 2.24) is 10.2 Å². The largest absolute Gasteiger partial charge is 0.497 e. The molecule has 3 amide bonds. The van der Waals surface area contributed by atoms with Gasteiger partial charge in [-0.3, -0.25) is 9.69 Å². The number of rotatable bonds is 7. The smallest absolute Gasteiger partial charge is 0.325 e. The Morgan fingerprint density at radius 2 is 1.55 bits per heavy atom. The van der Waals surface area contributed by atoms with Crippen LogP contribution < -0.4 is 14.8 Å². The average molecular weight is 416 g/mol. The summed E-state index contributed by atoms with van der Waals surface area (Å²) < 4.78 is 10.7. The lowest BCUT2D eigenvalue weighted by Crippen LogP contribution is -2.46. The molecule has 4 rings (SSSR count). The number of carbonyl (C=O) groups excluding carboxylic acids is 2. The molecular weight excluding hydrogens is 392 g/mol. The van der Waals surface area contributed by atoms with E-state index in [1.54, 1.807) is 32.4 Å². The quantitative estimate of drug-likeness (QED) is 0.594. The number of hydrogen-bond donors (Lipinski definition) is 1. The molecule has 6 heteroatoms. The van der Waals surface area contributed by atoms with Crippen LogP contribution >= 0.6 is 0 Å². The number of ether oxygens (including phenoxy) is 2. The van der Waals surface area contributed by atoms with E-state index in [0.717, 1.165) is 11.1 Å². The van der Waals surface area contributed by atoms with Gasteiger partial charge in [0.2, 0.25) is 0 Å². The summed E-state index contributed by atoms with van der Waals surface area (Å²) in [5.41, 5.74) is 1.22. The van der Waals surface area contributed by atoms with E-state index in [1.165, 1.54) is 4.90 Å². The van der Waals surface area contributed by atoms with E-state index in [-0.39, 0.29) is 12.5 Å². The highest BCUT2D eigenvalue weighted by Gasteiger charge is 2.52. The van der Waals surface area contributed by atoms with E-state index in [4.69, 9.17) is 9.47 Å². The van der Waals surface area contributed by atoms with Crippen LogP contribution in [0.5, 0.6) is 11.5 Å². The summed E-state index contributed by atoms with van der Waals surface area (Å²) in [4.78, 5) is 28.1. The van der Waals surface area contributed by atoms with Gasteiger partial charge in [0.15, 0.2) is 5.54 Å². The van der Waals surface area contributed by atoms with Crippen molar-refractivity contribution in [1.29, 1.82) is 0 Å². The predicted molar refractivity (Wildman–Crippen MR) is 117 cm³/mol. The molecule has 0 spiro atoms. The molecule has 158 valence electrons. The second-order valence-corrected chi connectivity index (χ2v) is 7.43. The second-order valence-electron chi connectivity index (χ2n) is 7.43. The van der Waals surface area contributed by atoms with E-state index in [0.29, 0.717) is 23.5 Å². The van der Waals surface area contributed by atoms with Crippen molar-refractivity contribution in [2.24, 2.45) is 0 Å². The first-order valence-electron chi connectivity index (χ1n) is 10.0. The van der Waals surface area contributed by atoms with E-state index >= 15 is 0 Å². The Morgan fingerprint density at radius 1 is 0.871 bits per heavy atom. The van der Waals surface area contributed by atoms with Crippen LogP contribution in [0.25, 0.3) is 0 Å². The average Bonchev–Trinajstić information content (AvgIpc) is 3.05. The molecular formula is C25H24N2O4. The minimum absolute atomic E-state index is 0.0778. The van der Waals surface area contributed by atoms with E-state index in [2.05, 4.69) is 5.32 Å². The molecule has 1 N–H and O–H groups in total. The number of imide groups is 1. The van der Waals surface area contributed by atoms with Gasteiger partial charge in [-0.05, 0) is 29.3 Å². The SMILES string of the molecule is COc1ccc(OC)c(CN2C(=O)N[C@](Cc3ccccc3)(c3ccccc3)C2=O)c1. The summed E-state index contributed by atoms with van der Waals surface area (Å²) in [7, 11) is 3.13. The lowest BCUT2D eigenvalue weighted by Gasteiger charge is -2.27. The van der Waals surface area contributed by atoms with Gasteiger partial charge >= 0.3 is 6.03 Å². The zero-order valence-electron chi connectivity index (χ0n) is 17.5. The van der Waals surface area contributed by atoms with Crippen molar-refractivity contribution in [3.05, 3.63) is 95.6 Å². The molecule has 1 heterocycles. The van der Waals surface area contributed by atoms with Crippen LogP contribution in [0.3, 0.4) is 0 Å². The highest BCUT2D eigenvalue weighted by Crippen LogP contribution is 2.35. The Bertz CT molecular complexity index is 1090. The molecule has 0 bridgehead atoms. The molecule has 0 aromatic heterocycles. The lowest BCUT2D eigenvalue weighted by atomic mass is 9.83. The van der Waals surface area contributed by atoms with Gasteiger partial charge in [-0.1, -0.05) is 60.7 Å². The lowest BCUT2D eigenvalue weighted by molar-refractivity contribution is -0.132. The second kappa shape index (κ2) is 8.52. The van der Waals surface area contributed by atoms with Crippen molar-refractivity contribution in [3.63, 3.8) is 0 Å². The van der Waals surface area contributed by atoms with Gasteiger partial charge in [0.1, 0.15) is 11.5 Å². The minimum Gasteiger partial charge on any atom is -0.497 e. The molecule has 1 aliphatic rings. The van der Waals surface area contributed by atoms with Crippen LogP contribution in [0.2, 0.25) is 0 Å². The fraction of sp³-hybridized carbons (Fsp3) is 0.200. The van der Waals surface area contributed by atoms with Crippen LogP contribution in [0.15, 0.2) is 78.9 Å². The first-order chi connectivity index (χ1) is 15.1. The van der Waals surface area contributed by atoms with E-state index in [9.17, 15) is 9.59 Å². The maximum atomic E-state index is 13.8.